The zero-order valence-electron chi connectivity index (χ0n) is 19.6. The maximum Gasteiger partial charge on any atom is 0.253 e. The molecule has 2 aliphatic heterocycles. The van der Waals surface area contributed by atoms with Gasteiger partial charge in [-0.3, -0.25) is 14.7 Å². The van der Waals surface area contributed by atoms with Gasteiger partial charge in [-0.1, -0.05) is 23.4 Å². The quantitative estimate of drug-likeness (QED) is 0.496. The van der Waals surface area contributed by atoms with Crippen molar-refractivity contribution in [2.24, 2.45) is 5.41 Å². The Morgan fingerprint density at radius 3 is 2.63 bits per heavy atom. The average Bonchev–Trinajstić information content (AvgIpc) is 3.55. The van der Waals surface area contributed by atoms with Crippen LogP contribution in [0.2, 0.25) is 0 Å². The summed E-state index contributed by atoms with van der Waals surface area (Å²) >= 11 is 0. The summed E-state index contributed by atoms with van der Waals surface area (Å²) in [4.78, 5) is 29.9. The van der Waals surface area contributed by atoms with Gasteiger partial charge in [0, 0.05) is 37.6 Å². The predicted octanol–water partition coefficient (Wildman–Crippen LogP) is 3.29. The first-order valence-corrected chi connectivity index (χ1v) is 12.1. The number of hydrogen-bond acceptors (Lipinski definition) is 5. The summed E-state index contributed by atoms with van der Waals surface area (Å²) < 4.78 is 1.68. The summed E-state index contributed by atoms with van der Waals surface area (Å²) in [7, 11) is 1.87. The topological polar surface area (TPSA) is 100 Å². The van der Waals surface area contributed by atoms with E-state index < -0.39 is 5.41 Å². The van der Waals surface area contributed by atoms with E-state index in [1.165, 1.54) is 0 Å². The minimum atomic E-state index is -0.422. The third kappa shape index (κ3) is 3.67. The molecule has 35 heavy (non-hydrogen) atoms. The van der Waals surface area contributed by atoms with E-state index in [-0.39, 0.29) is 11.8 Å². The van der Waals surface area contributed by atoms with Crippen molar-refractivity contribution in [2.45, 2.75) is 25.7 Å². The van der Waals surface area contributed by atoms with Crippen molar-refractivity contribution >= 4 is 22.7 Å². The van der Waals surface area contributed by atoms with Gasteiger partial charge >= 0.3 is 0 Å². The van der Waals surface area contributed by atoms with Gasteiger partial charge in [-0.05, 0) is 56.0 Å². The number of H-pyrrole nitrogens is 1. The highest BCUT2D eigenvalue weighted by molar-refractivity contribution is 5.95. The highest BCUT2D eigenvalue weighted by atomic mass is 16.2. The number of likely N-dealkylation sites (tertiary alicyclic amines) is 2. The molecule has 1 unspecified atom stereocenters. The first kappa shape index (κ1) is 21.5. The van der Waals surface area contributed by atoms with Crippen LogP contribution in [0.25, 0.3) is 28.0 Å². The number of fused-ring (bicyclic) bond motifs is 1. The molecular formula is C26H27N7O2. The number of rotatable bonds is 3. The normalized spacial score (nSPS) is 20.7. The van der Waals surface area contributed by atoms with Crippen LogP contribution < -0.4 is 0 Å². The van der Waals surface area contributed by atoms with Gasteiger partial charge in [-0.25, -0.2) is 4.68 Å². The molecule has 2 aromatic carbocycles. The lowest BCUT2D eigenvalue weighted by Gasteiger charge is -2.46. The van der Waals surface area contributed by atoms with Crippen LogP contribution in [0.1, 0.15) is 36.0 Å². The van der Waals surface area contributed by atoms with E-state index in [0.717, 1.165) is 54.5 Å². The van der Waals surface area contributed by atoms with E-state index >= 15 is 0 Å². The minimum absolute atomic E-state index is 0.0288. The third-order valence-corrected chi connectivity index (χ3v) is 7.40. The van der Waals surface area contributed by atoms with Crippen molar-refractivity contribution in [1.82, 2.24) is 35.0 Å². The third-order valence-electron chi connectivity index (χ3n) is 7.40. The van der Waals surface area contributed by atoms with Gasteiger partial charge in [0.15, 0.2) is 0 Å². The Kier molecular flexibility index (Phi) is 5.12. The smallest absolute Gasteiger partial charge is 0.253 e. The highest BCUT2D eigenvalue weighted by Gasteiger charge is 2.46. The molecule has 2 aromatic heterocycles. The summed E-state index contributed by atoms with van der Waals surface area (Å²) in [5, 5.41) is 17.0. The number of carbonyl (C=O) groups is 2. The molecule has 4 heterocycles. The van der Waals surface area contributed by atoms with Gasteiger partial charge in [0.25, 0.3) is 5.91 Å². The van der Waals surface area contributed by atoms with Crippen molar-refractivity contribution in [3.8, 4) is 17.1 Å². The number of amides is 2. The van der Waals surface area contributed by atoms with Crippen molar-refractivity contribution < 1.29 is 9.59 Å². The van der Waals surface area contributed by atoms with Crippen LogP contribution in [-0.4, -0.2) is 73.5 Å². The number of carbonyl (C=O) groups excluding carboxylic acids is 2. The fraction of sp³-hybridized carbons (Fsp3) is 0.346. The maximum atomic E-state index is 13.3. The van der Waals surface area contributed by atoms with E-state index in [4.69, 9.17) is 0 Å². The Morgan fingerprint density at radius 1 is 1.03 bits per heavy atom. The largest absolute Gasteiger partial charge is 0.345 e. The van der Waals surface area contributed by atoms with Crippen LogP contribution in [0.3, 0.4) is 0 Å². The first-order chi connectivity index (χ1) is 17.0. The molecule has 2 saturated heterocycles. The fourth-order valence-corrected chi connectivity index (χ4v) is 5.55. The van der Waals surface area contributed by atoms with Crippen LogP contribution in [0.4, 0.5) is 0 Å². The van der Waals surface area contributed by atoms with Crippen LogP contribution in [0.5, 0.6) is 0 Å². The molecule has 178 valence electrons. The number of para-hydroxylation sites is 1. The van der Waals surface area contributed by atoms with E-state index in [0.29, 0.717) is 24.3 Å². The number of benzene rings is 2. The highest BCUT2D eigenvalue weighted by Crippen LogP contribution is 2.39. The number of aromatic amines is 1. The zero-order chi connectivity index (χ0) is 24.0. The molecular weight excluding hydrogens is 442 g/mol. The molecule has 1 atom stereocenters. The van der Waals surface area contributed by atoms with E-state index in [1.807, 2.05) is 71.6 Å². The van der Waals surface area contributed by atoms with Crippen LogP contribution in [0.15, 0.2) is 54.7 Å². The van der Waals surface area contributed by atoms with Crippen molar-refractivity contribution in [3.63, 3.8) is 0 Å². The van der Waals surface area contributed by atoms with E-state index in [1.54, 1.807) is 4.68 Å². The second kappa shape index (κ2) is 8.33. The van der Waals surface area contributed by atoms with Gasteiger partial charge in [0.05, 0.1) is 22.8 Å². The minimum Gasteiger partial charge on any atom is -0.345 e. The van der Waals surface area contributed by atoms with Crippen LogP contribution in [-0.2, 0) is 4.79 Å². The number of nitrogens with one attached hydrogen (secondary N) is 1. The van der Waals surface area contributed by atoms with Gasteiger partial charge in [0.1, 0.15) is 11.4 Å². The molecule has 2 amide bonds. The first-order valence-electron chi connectivity index (χ1n) is 12.1. The van der Waals surface area contributed by atoms with E-state index in [9.17, 15) is 9.59 Å². The van der Waals surface area contributed by atoms with Gasteiger partial charge < -0.3 is 9.80 Å². The lowest BCUT2D eigenvalue weighted by atomic mass is 9.73. The van der Waals surface area contributed by atoms with Gasteiger partial charge in [-0.15, -0.1) is 5.10 Å². The number of piperidine rings is 2. The average molecular weight is 470 g/mol. The Labute approximate surface area is 202 Å². The molecule has 0 radical (unpaired) electrons. The summed E-state index contributed by atoms with van der Waals surface area (Å²) in [6.07, 6.45) is 5.40. The summed E-state index contributed by atoms with van der Waals surface area (Å²) in [6.45, 7) is 1.99. The number of nitrogens with zero attached hydrogens (tertiary/aromatic N) is 6. The van der Waals surface area contributed by atoms with Gasteiger partial charge in [-0.2, -0.15) is 5.10 Å². The molecule has 2 fully saturated rings. The molecule has 4 aromatic rings. The second-order valence-corrected chi connectivity index (χ2v) is 9.65. The molecule has 9 nitrogen and oxygen atoms in total. The van der Waals surface area contributed by atoms with Crippen LogP contribution in [0, 0.1) is 5.41 Å². The molecule has 1 spiro atoms. The number of hydrogen-bond donors (Lipinski definition) is 1. The maximum absolute atomic E-state index is 13.3. The Hall–Kier alpha value is -4.01. The number of aromatic nitrogens is 5. The standard InChI is InChI=1S/C26H27N7O2/c1-31-14-4-12-26(25(31)35)13-5-15-32(17-26)24(34)18-8-10-19(11-9-18)33-16-22(28-30-33)23-20-6-2-3-7-21(20)27-29-23/h2-3,6-11,16H,4-5,12-15,17H2,1H3,(H,27,29). The van der Waals surface area contributed by atoms with Gasteiger partial charge in [0.2, 0.25) is 5.91 Å². The molecule has 9 heteroatoms. The molecule has 0 bridgehead atoms. The Bertz CT molecular complexity index is 1400. The summed E-state index contributed by atoms with van der Waals surface area (Å²) in [5.41, 5.74) is 3.36. The summed E-state index contributed by atoms with van der Waals surface area (Å²) in [6, 6.07) is 15.3. The molecule has 1 N–H and O–H groups in total. The molecule has 2 aliphatic rings. The lowest BCUT2D eigenvalue weighted by molar-refractivity contribution is -0.148. The van der Waals surface area contributed by atoms with Crippen LogP contribution >= 0.6 is 0 Å². The SMILES string of the molecule is CN1CCCC2(CCCN(C(=O)c3ccc(-n4cc(-c5n[nH]c6ccccc56)nn4)cc3)C2)C1=O. The van der Waals surface area contributed by atoms with Crippen molar-refractivity contribution in [3.05, 3.63) is 60.3 Å². The van der Waals surface area contributed by atoms with E-state index in [2.05, 4.69) is 20.5 Å². The second-order valence-electron chi connectivity index (χ2n) is 9.65. The molecule has 6 rings (SSSR count). The zero-order valence-corrected chi connectivity index (χ0v) is 19.6. The Morgan fingerprint density at radius 2 is 1.80 bits per heavy atom. The molecule has 0 aliphatic carbocycles. The monoisotopic (exact) mass is 469 g/mol. The Balaban J connectivity index is 1.20. The van der Waals surface area contributed by atoms with Crippen molar-refractivity contribution in [1.29, 1.82) is 0 Å². The molecule has 0 saturated carbocycles. The lowest BCUT2D eigenvalue weighted by Crippen LogP contribution is -2.56. The summed E-state index contributed by atoms with van der Waals surface area (Å²) in [5.74, 6) is 0.155. The predicted molar refractivity (Wildman–Crippen MR) is 131 cm³/mol. The fourth-order valence-electron chi connectivity index (χ4n) is 5.55. The van der Waals surface area contributed by atoms with Crippen molar-refractivity contribution in [2.75, 3.05) is 26.7 Å².